The van der Waals surface area contributed by atoms with Crippen LogP contribution < -0.4 is 5.73 Å². The predicted molar refractivity (Wildman–Crippen MR) is 114 cm³/mol. The fourth-order valence-corrected chi connectivity index (χ4v) is 4.01. The molecule has 5 heteroatoms. The molecule has 1 fully saturated rings. The average molecular weight is 387 g/mol. The highest BCUT2D eigenvalue weighted by Gasteiger charge is 2.23. The van der Waals surface area contributed by atoms with Gasteiger partial charge < -0.3 is 15.5 Å². The van der Waals surface area contributed by atoms with Crippen LogP contribution in [0, 0.1) is 12.3 Å². The monoisotopic (exact) mass is 386 g/mol. The van der Waals surface area contributed by atoms with Crippen molar-refractivity contribution < 1.29 is 9.59 Å². The average Bonchev–Trinajstić information content (AvgIpc) is 2.71. The molecule has 5 nitrogen and oxygen atoms in total. The van der Waals surface area contributed by atoms with Crippen LogP contribution in [0.1, 0.15) is 50.3 Å². The summed E-state index contributed by atoms with van der Waals surface area (Å²) < 4.78 is 0. The fourth-order valence-electron chi connectivity index (χ4n) is 4.01. The van der Waals surface area contributed by atoms with Crippen molar-refractivity contribution in [2.24, 2.45) is 11.7 Å². The Morgan fingerprint density at radius 2 is 1.82 bits per heavy atom. The second-order valence-electron chi connectivity index (χ2n) is 7.76. The normalized spacial score (nSPS) is 15.2. The van der Waals surface area contributed by atoms with E-state index in [1.807, 2.05) is 17.0 Å². The van der Waals surface area contributed by atoms with E-state index in [1.165, 1.54) is 0 Å². The Kier molecular flexibility index (Phi) is 8.97. The molecule has 0 bridgehead atoms. The summed E-state index contributed by atoms with van der Waals surface area (Å²) in [5.74, 6) is 0.531. The molecule has 1 aliphatic rings. The number of rotatable bonds is 10. The van der Waals surface area contributed by atoms with Gasteiger partial charge in [0.1, 0.15) is 0 Å². The van der Waals surface area contributed by atoms with E-state index in [-0.39, 0.29) is 18.2 Å². The molecule has 0 saturated carbocycles. The number of primary amides is 1. The van der Waals surface area contributed by atoms with Crippen LogP contribution in [0.15, 0.2) is 18.2 Å². The Morgan fingerprint density at radius 3 is 2.39 bits per heavy atom. The molecule has 1 saturated heterocycles. The Balaban J connectivity index is 1.82. The number of carbonyl (C=O) groups excluding carboxylic acids is 2. The maximum absolute atomic E-state index is 12.6. The van der Waals surface area contributed by atoms with Gasteiger partial charge in [0.15, 0.2) is 0 Å². The topological polar surface area (TPSA) is 66.6 Å². The smallest absolute Gasteiger partial charge is 0.226 e. The first kappa shape index (κ1) is 22.4. The Labute approximate surface area is 170 Å². The van der Waals surface area contributed by atoms with Gasteiger partial charge in [-0.05, 0) is 61.4 Å². The Morgan fingerprint density at radius 1 is 1.14 bits per heavy atom. The summed E-state index contributed by atoms with van der Waals surface area (Å²) in [6.45, 7) is 11.6. The molecule has 1 heterocycles. The molecule has 0 atom stereocenters. The molecule has 0 aromatic heterocycles. The molecule has 28 heavy (non-hydrogen) atoms. The minimum Gasteiger partial charge on any atom is -0.369 e. The van der Waals surface area contributed by atoms with E-state index in [4.69, 9.17) is 5.73 Å². The standard InChI is InChI=1S/C23H36N3O2/c1-4-20-15-18(7-9-21(20)16-22(24)27)8-10-23(28)26-13-11-19(12-14-26)17-25(5-2)6-3/h7,9-10,15,19H,4-6,8,11-14,16-17H2,1-3H3,(H2,24,27). The van der Waals surface area contributed by atoms with Gasteiger partial charge >= 0.3 is 0 Å². The van der Waals surface area contributed by atoms with Gasteiger partial charge in [-0.2, -0.15) is 0 Å². The second kappa shape index (κ2) is 11.2. The number of benzene rings is 1. The number of hydrogen-bond donors (Lipinski definition) is 1. The third kappa shape index (κ3) is 6.62. The lowest BCUT2D eigenvalue weighted by Crippen LogP contribution is -2.41. The molecule has 0 unspecified atom stereocenters. The fraction of sp³-hybridized carbons (Fsp3) is 0.609. The van der Waals surface area contributed by atoms with Gasteiger partial charge in [-0.1, -0.05) is 39.0 Å². The van der Waals surface area contributed by atoms with Gasteiger partial charge in [-0.3, -0.25) is 9.59 Å². The molecule has 0 aliphatic carbocycles. The summed E-state index contributed by atoms with van der Waals surface area (Å²) in [5.41, 5.74) is 8.55. The van der Waals surface area contributed by atoms with Crippen molar-refractivity contribution >= 4 is 11.8 Å². The van der Waals surface area contributed by atoms with Gasteiger partial charge in [0.2, 0.25) is 11.8 Å². The number of aryl methyl sites for hydroxylation is 1. The van der Waals surface area contributed by atoms with E-state index in [1.54, 1.807) is 6.42 Å². The first-order valence-corrected chi connectivity index (χ1v) is 10.7. The summed E-state index contributed by atoms with van der Waals surface area (Å²) in [4.78, 5) is 28.2. The number of piperidine rings is 1. The zero-order valence-electron chi connectivity index (χ0n) is 17.7. The summed E-state index contributed by atoms with van der Waals surface area (Å²) >= 11 is 0. The van der Waals surface area contributed by atoms with Crippen LogP contribution >= 0.6 is 0 Å². The molecule has 1 aromatic rings. The van der Waals surface area contributed by atoms with Gasteiger partial charge in [0.05, 0.1) is 12.8 Å². The molecule has 1 aromatic carbocycles. The molecule has 0 spiro atoms. The van der Waals surface area contributed by atoms with Crippen LogP contribution in [0.3, 0.4) is 0 Å². The number of carbonyl (C=O) groups is 2. The molecular weight excluding hydrogens is 350 g/mol. The van der Waals surface area contributed by atoms with Crippen LogP contribution in [0.2, 0.25) is 0 Å². The predicted octanol–water partition coefficient (Wildman–Crippen LogP) is 2.60. The molecule has 155 valence electrons. The zero-order chi connectivity index (χ0) is 20.5. The SMILES string of the molecule is CCc1cc(C[CH]C(=O)N2CCC(CN(CC)CC)CC2)ccc1CC(N)=O. The van der Waals surface area contributed by atoms with Crippen molar-refractivity contribution in [1.82, 2.24) is 9.80 Å². The van der Waals surface area contributed by atoms with E-state index in [2.05, 4.69) is 31.7 Å². The highest BCUT2D eigenvalue weighted by atomic mass is 16.2. The number of amides is 2. The highest BCUT2D eigenvalue weighted by Crippen LogP contribution is 2.20. The van der Waals surface area contributed by atoms with Crippen LogP contribution in [0.4, 0.5) is 0 Å². The molecule has 1 aliphatic heterocycles. The van der Waals surface area contributed by atoms with Gasteiger partial charge in [0, 0.05) is 19.6 Å². The molecule has 2 N–H and O–H groups in total. The minimum atomic E-state index is -0.311. The maximum atomic E-state index is 12.6. The highest BCUT2D eigenvalue weighted by molar-refractivity contribution is 5.85. The van der Waals surface area contributed by atoms with Gasteiger partial charge in [-0.25, -0.2) is 0 Å². The number of nitrogens with zero attached hydrogens (tertiary/aromatic N) is 2. The van der Waals surface area contributed by atoms with E-state index in [0.29, 0.717) is 12.3 Å². The van der Waals surface area contributed by atoms with Crippen LogP contribution in [-0.2, 0) is 28.9 Å². The van der Waals surface area contributed by atoms with Crippen molar-refractivity contribution in [2.75, 3.05) is 32.7 Å². The minimum absolute atomic E-state index is 0.139. The van der Waals surface area contributed by atoms with Crippen LogP contribution in [-0.4, -0.2) is 54.3 Å². The summed E-state index contributed by atoms with van der Waals surface area (Å²) in [7, 11) is 0. The summed E-state index contributed by atoms with van der Waals surface area (Å²) in [5, 5.41) is 0. The molecule has 1 radical (unpaired) electrons. The summed E-state index contributed by atoms with van der Waals surface area (Å²) in [6.07, 6.45) is 5.74. The van der Waals surface area contributed by atoms with Gasteiger partial charge in [-0.15, -0.1) is 0 Å². The van der Waals surface area contributed by atoms with Crippen LogP contribution in [0.25, 0.3) is 0 Å². The van der Waals surface area contributed by atoms with Gasteiger partial charge in [0.25, 0.3) is 0 Å². The zero-order valence-corrected chi connectivity index (χ0v) is 17.7. The van der Waals surface area contributed by atoms with Crippen molar-refractivity contribution in [2.45, 2.75) is 52.9 Å². The largest absolute Gasteiger partial charge is 0.369 e. The van der Waals surface area contributed by atoms with Crippen LogP contribution in [0.5, 0.6) is 0 Å². The third-order valence-electron chi connectivity index (χ3n) is 5.87. The Bertz CT molecular complexity index is 647. The van der Waals surface area contributed by atoms with E-state index in [0.717, 1.165) is 68.7 Å². The molecule has 2 rings (SSSR count). The quantitative estimate of drug-likeness (QED) is 0.672. The van der Waals surface area contributed by atoms with Crippen molar-refractivity contribution in [3.8, 4) is 0 Å². The van der Waals surface area contributed by atoms with E-state index >= 15 is 0 Å². The lowest BCUT2D eigenvalue weighted by molar-refractivity contribution is -0.129. The Hall–Kier alpha value is -1.88. The number of likely N-dealkylation sites (tertiary alicyclic amines) is 1. The second-order valence-corrected chi connectivity index (χ2v) is 7.76. The number of hydrogen-bond acceptors (Lipinski definition) is 3. The summed E-state index contributed by atoms with van der Waals surface area (Å²) in [6, 6.07) is 6.06. The first-order chi connectivity index (χ1) is 13.5. The molecule has 2 amide bonds. The lowest BCUT2D eigenvalue weighted by Gasteiger charge is -2.34. The van der Waals surface area contributed by atoms with E-state index < -0.39 is 0 Å². The van der Waals surface area contributed by atoms with Crippen molar-refractivity contribution in [1.29, 1.82) is 0 Å². The first-order valence-electron chi connectivity index (χ1n) is 10.7. The van der Waals surface area contributed by atoms with Crippen molar-refractivity contribution in [3.63, 3.8) is 0 Å². The van der Waals surface area contributed by atoms with Crippen molar-refractivity contribution in [3.05, 3.63) is 41.3 Å². The maximum Gasteiger partial charge on any atom is 0.226 e. The lowest BCUT2D eigenvalue weighted by atomic mass is 9.95. The third-order valence-corrected chi connectivity index (χ3v) is 5.87. The number of nitrogens with two attached hydrogens (primary N) is 1. The van der Waals surface area contributed by atoms with E-state index in [9.17, 15) is 9.59 Å². The molecular formula is C23H36N3O2.